The summed E-state index contributed by atoms with van der Waals surface area (Å²) in [5.74, 6) is 1.99. The van der Waals surface area contributed by atoms with Gasteiger partial charge in [-0.05, 0) is 82.4 Å². The quantitative estimate of drug-likeness (QED) is 0.368. The molecule has 0 heterocycles. The lowest BCUT2D eigenvalue weighted by Gasteiger charge is -2.39. The number of nitrogens with zero attached hydrogens (tertiary/aromatic N) is 3. The molecule has 2 amide bonds. The van der Waals surface area contributed by atoms with Gasteiger partial charge in [0.1, 0.15) is 0 Å². The highest BCUT2D eigenvalue weighted by Crippen LogP contribution is 2.63. The smallest absolute Gasteiger partial charge is 0.322 e. The van der Waals surface area contributed by atoms with Gasteiger partial charge in [0.2, 0.25) is 5.75 Å². The number of urea groups is 1. The Balaban J connectivity index is 1.55. The highest BCUT2D eigenvalue weighted by atomic mass is 16.5. The van der Waals surface area contributed by atoms with Gasteiger partial charge in [-0.2, -0.15) is 5.26 Å². The Hall–Kier alpha value is -3.44. The molecular weight excluding hydrogens is 504 g/mol. The van der Waals surface area contributed by atoms with Crippen LogP contribution in [-0.2, 0) is 5.41 Å². The van der Waals surface area contributed by atoms with Gasteiger partial charge in [-0.1, -0.05) is 12.1 Å². The predicted octanol–water partition coefficient (Wildman–Crippen LogP) is 6.05. The van der Waals surface area contributed by atoms with Crippen LogP contribution in [0.1, 0.15) is 64.5 Å². The van der Waals surface area contributed by atoms with Gasteiger partial charge in [0.15, 0.2) is 11.5 Å². The van der Waals surface area contributed by atoms with E-state index in [2.05, 4.69) is 56.1 Å². The van der Waals surface area contributed by atoms with Crippen molar-refractivity contribution in [2.45, 2.75) is 76.9 Å². The van der Waals surface area contributed by atoms with Crippen molar-refractivity contribution in [1.82, 2.24) is 9.80 Å². The largest absolute Gasteiger partial charge is 0.493 e. The van der Waals surface area contributed by atoms with Crippen molar-refractivity contribution in [3.8, 4) is 23.3 Å². The summed E-state index contributed by atoms with van der Waals surface area (Å²) in [4.78, 5) is 18.4. The number of hydrogen-bond acceptors (Lipinski definition) is 6. The molecule has 4 rings (SSSR count). The Morgan fingerprint density at radius 2 is 1.73 bits per heavy atom. The molecule has 2 aliphatic carbocycles. The zero-order valence-electron chi connectivity index (χ0n) is 25.0. The number of anilines is 1. The van der Waals surface area contributed by atoms with Crippen molar-refractivity contribution in [3.05, 3.63) is 47.5 Å². The number of ether oxygens (including phenoxy) is 3. The van der Waals surface area contributed by atoms with Gasteiger partial charge in [0.25, 0.3) is 0 Å². The minimum absolute atomic E-state index is 0.119. The van der Waals surface area contributed by atoms with E-state index in [-0.39, 0.29) is 17.5 Å². The van der Waals surface area contributed by atoms with E-state index in [0.717, 1.165) is 32.2 Å². The highest BCUT2D eigenvalue weighted by molar-refractivity contribution is 5.90. The number of hydrogen-bond donors (Lipinski definition) is 1. The van der Waals surface area contributed by atoms with Crippen molar-refractivity contribution in [2.24, 2.45) is 5.92 Å². The van der Waals surface area contributed by atoms with Crippen molar-refractivity contribution < 1.29 is 19.0 Å². The van der Waals surface area contributed by atoms with E-state index in [4.69, 9.17) is 14.2 Å². The number of carbonyl (C=O) groups excluding carboxylic acids is 1. The van der Waals surface area contributed by atoms with Crippen LogP contribution in [0.3, 0.4) is 0 Å². The third kappa shape index (κ3) is 6.00. The van der Waals surface area contributed by atoms with Crippen LogP contribution in [0.15, 0.2) is 36.4 Å². The number of carbonyl (C=O) groups is 1. The Kier molecular flexibility index (Phi) is 9.15. The molecule has 216 valence electrons. The second-order valence-corrected chi connectivity index (χ2v) is 11.6. The molecule has 2 aliphatic rings. The lowest BCUT2D eigenvalue weighted by molar-refractivity contribution is 0.120. The fourth-order valence-electron chi connectivity index (χ4n) is 6.68. The molecule has 2 fully saturated rings. The Bertz CT molecular complexity index is 1210. The summed E-state index contributed by atoms with van der Waals surface area (Å²) in [6, 6.07) is 14.7. The van der Waals surface area contributed by atoms with E-state index >= 15 is 0 Å². The number of nitrogens with one attached hydrogen (secondary N) is 1. The molecular formula is C32H44N4O4. The SMILES string of the molecule is COc1cc(NC(=O)N(CCN(C(C)C)C(C)C)[C@@H]2CC[C@]3(c4cccc(C#N)c4)CC3C2)cc(OC)c1OC. The van der Waals surface area contributed by atoms with Gasteiger partial charge >= 0.3 is 6.03 Å². The fourth-order valence-corrected chi connectivity index (χ4v) is 6.68. The first-order valence-electron chi connectivity index (χ1n) is 14.3. The molecule has 3 atom stereocenters. The zero-order chi connectivity index (χ0) is 29.0. The second-order valence-electron chi connectivity index (χ2n) is 11.6. The zero-order valence-corrected chi connectivity index (χ0v) is 25.0. The summed E-state index contributed by atoms with van der Waals surface area (Å²) in [7, 11) is 4.70. The number of fused-ring (bicyclic) bond motifs is 1. The summed E-state index contributed by atoms with van der Waals surface area (Å²) in [5.41, 5.74) is 2.73. The van der Waals surface area contributed by atoms with Crippen molar-refractivity contribution >= 4 is 11.7 Å². The minimum atomic E-state index is -0.119. The van der Waals surface area contributed by atoms with Gasteiger partial charge in [0, 0.05) is 43.3 Å². The first-order valence-corrected chi connectivity index (χ1v) is 14.3. The Labute approximate surface area is 239 Å². The fraction of sp³-hybridized carbons (Fsp3) is 0.562. The monoisotopic (exact) mass is 548 g/mol. The molecule has 1 N–H and O–H groups in total. The second kappa shape index (κ2) is 12.4. The van der Waals surface area contributed by atoms with E-state index in [1.807, 2.05) is 17.0 Å². The topological polar surface area (TPSA) is 87.1 Å². The van der Waals surface area contributed by atoms with Crippen LogP contribution < -0.4 is 19.5 Å². The molecule has 2 aromatic rings. The van der Waals surface area contributed by atoms with Crippen molar-refractivity contribution in [2.75, 3.05) is 39.7 Å². The molecule has 0 radical (unpaired) electrons. The molecule has 0 aliphatic heterocycles. The van der Waals surface area contributed by atoms with Crippen molar-refractivity contribution in [1.29, 1.82) is 5.26 Å². The van der Waals surface area contributed by atoms with E-state index in [1.165, 1.54) is 5.56 Å². The van der Waals surface area contributed by atoms with E-state index < -0.39 is 0 Å². The maximum atomic E-state index is 13.9. The van der Waals surface area contributed by atoms with Crippen LogP contribution in [0.5, 0.6) is 17.2 Å². The van der Waals surface area contributed by atoms with Crippen LogP contribution in [0.25, 0.3) is 0 Å². The Morgan fingerprint density at radius 1 is 1.05 bits per heavy atom. The summed E-state index contributed by atoms with van der Waals surface area (Å²) in [6.07, 6.45) is 4.02. The molecule has 0 saturated heterocycles. The standard InChI is InChI=1S/C32H44N4O4/c1-21(2)35(22(3)4)13-14-36(31(37)34-26-17-28(38-5)30(40-7)29(18-26)39-6)27-11-12-32(19-25(32)16-27)24-10-8-9-23(15-24)20-33/h8-10,15,17-18,21-22,25,27H,11-14,16,19H2,1-7H3,(H,34,37)/t25?,27-,32-/m1/s1. The summed E-state index contributed by atoms with van der Waals surface area (Å²) in [6.45, 7) is 10.3. The normalized spacial score (nSPS) is 21.5. The van der Waals surface area contributed by atoms with Crippen LogP contribution in [0.4, 0.5) is 10.5 Å². The van der Waals surface area contributed by atoms with Gasteiger partial charge in [-0.3, -0.25) is 4.90 Å². The van der Waals surface area contributed by atoms with Crippen LogP contribution in [0, 0.1) is 17.2 Å². The first-order chi connectivity index (χ1) is 19.2. The third-order valence-electron chi connectivity index (χ3n) is 8.82. The average Bonchev–Trinajstić information content (AvgIpc) is 3.69. The molecule has 8 heteroatoms. The molecule has 0 aromatic heterocycles. The molecule has 2 aromatic carbocycles. The number of amides is 2. The van der Waals surface area contributed by atoms with Gasteiger partial charge in [0.05, 0.1) is 38.6 Å². The van der Waals surface area contributed by atoms with Gasteiger partial charge in [-0.15, -0.1) is 0 Å². The molecule has 1 unspecified atom stereocenters. The lowest BCUT2D eigenvalue weighted by atomic mass is 9.80. The highest BCUT2D eigenvalue weighted by Gasteiger charge is 2.58. The van der Waals surface area contributed by atoms with Crippen LogP contribution >= 0.6 is 0 Å². The van der Waals surface area contributed by atoms with Gasteiger partial charge < -0.3 is 24.4 Å². The maximum Gasteiger partial charge on any atom is 0.322 e. The van der Waals surface area contributed by atoms with Crippen LogP contribution in [-0.4, -0.2) is 68.4 Å². The predicted molar refractivity (Wildman–Crippen MR) is 157 cm³/mol. The van der Waals surface area contributed by atoms with E-state index in [0.29, 0.717) is 53.0 Å². The van der Waals surface area contributed by atoms with Crippen LogP contribution in [0.2, 0.25) is 0 Å². The number of methoxy groups -OCH3 is 3. The number of rotatable bonds is 11. The molecule has 2 saturated carbocycles. The number of nitriles is 1. The van der Waals surface area contributed by atoms with E-state index in [9.17, 15) is 10.1 Å². The van der Waals surface area contributed by atoms with Crippen molar-refractivity contribution in [3.63, 3.8) is 0 Å². The molecule has 8 nitrogen and oxygen atoms in total. The maximum absolute atomic E-state index is 13.9. The summed E-state index contributed by atoms with van der Waals surface area (Å²) >= 11 is 0. The first kappa shape index (κ1) is 29.5. The average molecular weight is 549 g/mol. The summed E-state index contributed by atoms with van der Waals surface area (Å²) < 4.78 is 16.5. The van der Waals surface area contributed by atoms with Gasteiger partial charge in [-0.25, -0.2) is 4.79 Å². The van der Waals surface area contributed by atoms with E-state index in [1.54, 1.807) is 33.5 Å². The number of benzene rings is 2. The molecule has 0 bridgehead atoms. The molecule has 0 spiro atoms. The molecule has 40 heavy (non-hydrogen) atoms. The third-order valence-corrected chi connectivity index (χ3v) is 8.82. The summed E-state index contributed by atoms with van der Waals surface area (Å²) in [5, 5.41) is 12.5. The lowest BCUT2D eigenvalue weighted by Crippen LogP contribution is -2.50. The Morgan fingerprint density at radius 3 is 2.27 bits per heavy atom. The minimum Gasteiger partial charge on any atom is -0.493 e.